The molecule has 0 aromatic heterocycles. The Morgan fingerprint density at radius 1 is 1.17 bits per heavy atom. The second-order valence-corrected chi connectivity index (χ2v) is 8.10. The summed E-state index contributed by atoms with van der Waals surface area (Å²) < 4.78 is 27.1. The second-order valence-electron chi connectivity index (χ2n) is 8.10. The van der Waals surface area contributed by atoms with E-state index >= 15 is 0 Å². The van der Waals surface area contributed by atoms with Crippen LogP contribution in [0.25, 0.3) is 0 Å². The molecule has 0 spiro atoms. The van der Waals surface area contributed by atoms with Gasteiger partial charge in [0.1, 0.15) is 11.6 Å². The van der Waals surface area contributed by atoms with Gasteiger partial charge in [0, 0.05) is 25.6 Å². The third-order valence-electron chi connectivity index (χ3n) is 5.74. The zero-order valence-corrected chi connectivity index (χ0v) is 17.6. The Labute approximate surface area is 176 Å². The first kappa shape index (κ1) is 22.4. The van der Waals surface area contributed by atoms with Crippen LogP contribution in [0.2, 0.25) is 0 Å². The lowest BCUT2D eigenvalue weighted by Crippen LogP contribution is -2.48. The standard InChI is InChI=1S/C24H30F2N2O2/c1-3-16-7-8-18-5-4-6-22(21(18)11-16)27-14-24(30)23(28-15(2)29)12-17-9-19(25)13-20(26)10-17/h7-11,13,22-24,27,30H,3-6,12,14H2,1-2H3,(H,28,29)/t22-,23-,24+/m0/s1. The van der Waals surface area contributed by atoms with Gasteiger partial charge in [-0.25, -0.2) is 8.78 Å². The predicted octanol–water partition coefficient (Wildman–Crippen LogP) is 3.60. The van der Waals surface area contributed by atoms with Crippen LogP contribution in [0.4, 0.5) is 8.78 Å². The van der Waals surface area contributed by atoms with Crippen molar-refractivity contribution < 1.29 is 18.7 Å². The number of halogens is 2. The minimum Gasteiger partial charge on any atom is -0.390 e. The highest BCUT2D eigenvalue weighted by atomic mass is 19.1. The molecule has 0 bridgehead atoms. The summed E-state index contributed by atoms with van der Waals surface area (Å²) in [6, 6.07) is 9.33. The molecule has 0 heterocycles. The van der Waals surface area contributed by atoms with Crippen LogP contribution in [0.3, 0.4) is 0 Å². The van der Waals surface area contributed by atoms with Crippen LogP contribution in [0.1, 0.15) is 55.0 Å². The van der Waals surface area contributed by atoms with Crippen molar-refractivity contribution in [1.29, 1.82) is 0 Å². The van der Waals surface area contributed by atoms with Gasteiger partial charge >= 0.3 is 0 Å². The minimum atomic E-state index is -0.903. The molecule has 0 saturated carbocycles. The molecule has 2 aromatic rings. The minimum absolute atomic E-state index is 0.137. The molecule has 4 nitrogen and oxygen atoms in total. The van der Waals surface area contributed by atoms with Crippen LogP contribution in [0, 0.1) is 11.6 Å². The first-order valence-electron chi connectivity index (χ1n) is 10.6. The molecule has 0 radical (unpaired) electrons. The number of aryl methyl sites for hydroxylation is 2. The van der Waals surface area contributed by atoms with Crippen molar-refractivity contribution in [2.24, 2.45) is 0 Å². The number of carbonyl (C=O) groups is 1. The maximum atomic E-state index is 13.5. The molecule has 1 amide bonds. The molecule has 3 rings (SSSR count). The van der Waals surface area contributed by atoms with E-state index in [2.05, 4.69) is 35.8 Å². The monoisotopic (exact) mass is 416 g/mol. The maximum absolute atomic E-state index is 13.5. The van der Waals surface area contributed by atoms with Crippen molar-refractivity contribution in [1.82, 2.24) is 10.6 Å². The summed E-state index contributed by atoms with van der Waals surface area (Å²) in [4.78, 5) is 11.6. The number of fused-ring (bicyclic) bond motifs is 1. The lowest BCUT2D eigenvalue weighted by atomic mass is 9.86. The van der Waals surface area contributed by atoms with Gasteiger partial charge in [-0.3, -0.25) is 4.79 Å². The highest BCUT2D eigenvalue weighted by Crippen LogP contribution is 2.30. The smallest absolute Gasteiger partial charge is 0.217 e. The quantitative estimate of drug-likeness (QED) is 0.616. The van der Waals surface area contributed by atoms with Gasteiger partial charge in [0.2, 0.25) is 5.91 Å². The molecule has 1 aliphatic carbocycles. The van der Waals surface area contributed by atoms with Crippen LogP contribution < -0.4 is 10.6 Å². The second kappa shape index (κ2) is 10.1. The van der Waals surface area contributed by atoms with Crippen LogP contribution in [0.5, 0.6) is 0 Å². The molecule has 3 N–H and O–H groups in total. The van der Waals surface area contributed by atoms with Crippen molar-refractivity contribution in [2.75, 3.05) is 6.54 Å². The fraction of sp³-hybridized carbons (Fsp3) is 0.458. The summed E-state index contributed by atoms with van der Waals surface area (Å²) in [5.74, 6) is -1.65. The first-order chi connectivity index (χ1) is 14.4. The SMILES string of the molecule is CCc1ccc2c(c1)[C@@H](NC[C@@H](O)[C@H](Cc1cc(F)cc(F)c1)NC(C)=O)CCC2. The zero-order valence-electron chi connectivity index (χ0n) is 17.6. The summed E-state index contributed by atoms with van der Waals surface area (Å²) >= 11 is 0. The number of hydrogen-bond donors (Lipinski definition) is 3. The van der Waals surface area contributed by atoms with Gasteiger partial charge in [0.25, 0.3) is 0 Å². The molecule has 2 aromatic carbocycles. The molecular weight excluding hydrogens is 386 g/mol. The van der Waals surface area contributed by atoms with E-state index in [-0.39, 0.29) is 24.9 Å². The van der Waals surface area contributed by atoms with E-state index in [4.69, 9.17) is 0 Å². The van der Waals surface area contributed by atoms with Crippen LogP contribution >= 0.6 is 0 Å². The fourth-order valence-corrected chi connectivity index (χ4v) is 4.21. The van der Waals surface area contributed by atoms with E-state index in [1.807, 2.05) is 0 Å². The maximum Gasteiger partial charge on any atom is 0.217 e. The molecule has 0 aliphatic heterocycles. The Balaban J connectivity index is 1.69. The van der Waals surface area contributed by atoms with Gasteiger partial charge in [0.05, 0.1) is 12.1 Å². The van der Waals surface area contributed by atoms with E-state index < -0.39 is 23.8 Å². The van der Waals surface area contributed by atoms with Crippen LogP contribution in [-0.2, 0) is 24.1 Å². The molecule has 6 heteroatoms. The third-order valence-corrected chi connectivity index (χ3v) is 5.74. The van der Waals surface area contributed by atoms with Gasteiger partial charge in [0.15, 0.2) is 0 Å². The Kier molecular flexibility index (Phi) is 7.56. The molecule has 30 heavy (non-hydrogen) atoms. The van der Waals surface area contributed by atoms with Crippen molar-refractivity contribution in [3.8, 4) is 0 Å². The average Bonchev–Trinajstić information content (AvgIpc) is 2.70. The lowest BCUT2D eigenvalue weighted by molar-refractivity contribution is -0.120. The van der Waals surface area contributed by atoms with Crippen molar-refractivity contribution in [3.05, 3.63) is 70.3 Å². The fourth-order valence-electron chi connectivity index (χ4n) is 4.21. The summed E-state index contributed by atoms with van der Waals surface area (Å²) in [5, 5.41) is 16.9. The van der Waals surface area contributed by atoms with E-state index in [0.717, 1.165) is 31.7 Å². The topological polar surface area (TPSA) is 61.4 Å². The van der Waals surface area contributed by atoms with Crippen molar-refractivity contribution in [3.63, 3.8) is 0 Å². The average molecular weight is 417 g/mol. The van der Waals surface area contributed by atoms with Crippen molar-refractivity contribution in [2.45, 2.75) is 64.1 Å². The number of hydrogen-bond acceptors (Lipinski definition) is 3. The van der Waals surface area contributed by atoms with E-state index in [0.29, 0.717) is 5.56 Å². The van der Waals surface area contributed by atoms with Crippen LogP contribution in [0.15, 0.2) is 36.4 Å². The Bertz CT molecular complexity index is 867. The summed E-state index contributed by atoms with van der Waals surface area (Å²) in [5.41, 5.74) is 4.28. The Morgan fingerprint density at radius 3 is 2.57 bits per heavy atom. The number of benzene rings is 2. The summed E-state index contributed by atoms with van der Waals surface area (Å²) in [6.45, 7) is 3.76. The number of rotatable bonds is 8. The molecule has 0 fully saturated rings. The highest BCUT2D eigenvalue weighted by Gasteiger charge is 2.25. The normalized spacial score (nSPS) is 17.8. The molecule has 162 valence electrons. The number of aliphatic hydroxyl groups excluding tert-OH is 1. The Hall–Kier alpha value is -2.31. The Morgan fingerprint density at radius 2 is 1.90 bits per heavy atom. The number of carbonyl (C=O) groups excluding carboxylic acids is 1. The summed E-state index contributed by atoms with van der Waals surface area (Å²) in [7, 11) is 0. The first-order valence-corrected chi connectivity index (χ1v) is 10.6. The van der Waals surface area contributed by atoms with Gasteiger partial charge < -0.3 is 15.7 Å². The third kappa shape index (κ3) is 5.86. The lowest BCUT2D eigenvalue weighted by Gasteiger charge is -2.30. The molecule has 1 aliphatic rings. The zero-order chi connectivity index (χ0) is 21.7. The van der Waals surface area contributed by atoms with Gasteiger partial charge in [-0.1, -0.05) is 25.1 Å². The number of amides is 1. The molecular formula is C24H30F2N2O2. The van der Waals surface area contributed by atoms with Gasteiger partial charge in [-0.2, -0.15) is 0 Å². The van der Waals surface area contributed by atoms with Gasteiger partial charge in [-0.05, 0) is 66.5 Å². The van der Waals surface area contributed by atoms with E-state index in [1.54, 1.807) is 0 Å². The molecule has 0 saturated heterocycles. The molecule has 0 unspecified atom stereocenters. The van der Waals surface area contributed by atoms with Crippen molar-refractivity contribution >= 4 is 5.91 Å². The predicted molar refractivity (Wildman–Crippen MR) is 113 cm³/mol. The highest BCUT2D eigenvalue weighted by molar-refractivity contribution is 5.73. The van der Waals surface area contributed by atoms with E-state index in [1.165, 1.54) is 35.7 Å². The largest absolute Gasteiger partial charge is 0.390 e. The molecule has 3 atom stereocenters. The van der Waals surface area contributed by atoms with Gasteiger partial charge in [-0.15, -0.1) is 0 Å². The number of nitrogens with one attached hydrogen (secondary N) is 2. The van der Waals surface area contributed by atoms with Crippen LogP contribution in [-0.4, -0.2) is 29.7 Å². The number of aliphatic hydroxyl groups is 1. The summed E-state index contributed by atoms with van der Waals surface area (Å²) in [6.07, 6.45) is 3.31. The van der Waals surface area contributed by atoms with E-state index in [9.17, 15) is 18.7 Å².